The number of carbonyl (C=O) groups excluding carboxylic acids is 1. The van der Waals surface area contributed by atoms with E-state index in [0.717, 1.165) is 31.5 Å². The highest BCUT2D eigenvalue weighted by Crippen LogP contribution is 2.31. The van der Waals surface area contributed by atoms with Crippen LogP contribution in [-0.2, 0) is 11.3 Å². The van der Waals surface area contributed by atoms with Gasteiger partial charge in [-0.15, -0.1) is 12.4 Å². The van der Waals surface area contributed by atoms with E-state index in [1.807, 2.05) is 25.2 Å². The van der Waals surface area contributed by atoms with Crippen LogP contribution < -0.4 is 15.2 Å². The Kier molecular flexibility index (Phi) is 8.31. The van der Waals surface area contributed by atoms with Crippen molar-refractivity contribution in [3.05, 3.63) is 23.8 Å². The highest BCUT2D eigenvalue weighted by atomic mass is 35.5. The first-order chi connectivity index (χ1) is 11.0. The van der Waals surface area contributed by atoms with Crippen LogP contribution in [0.2, 0.25) is 0 Å². The summed E-state index contributed by atoms with van der Waals surface area (Å²) in [6.45, 7) is 2.72. The van der Waals surface area contributed by atoms with Crippen molar-refractivity contribution >= 4 is 18.3 Å². The van der Waals surface area contributed by atoms with E-state index in [1.165, 1.54) is 0 Å². The fourth-order valence-corrected chi connectivity index (χ4v) is 2.84. The summed E-state index contributed by atoms with van der Waals surface area (Å²) in [5.41, 5.74) is 6.83. The van der Waals surface area contributed by atoms with E-state index < -0.39 is 0 Å². The van der Waals surface area contributed by atoms with Gasteiger partial charge in [0, 0.05) is 38.3 Å². The Morgan fingerprint density at radius 1 is 1.29 bits per heavy atom. The van der Waals surface area contributed by atoms with Crippen LogP contribution in [-0.4, -0.2) is 62.7 Å². The lowest BCUT2D eigenvalue weighted by Gasteiger charge is -2.31. The minimum atomic E-state index is 0. The molecule has 2 rings (SSSR count). The monoisotopic (exact) mass is 357 g/mol. The summed E-state index contributed by atoms with van der Waals surface area (Å²) in [7, 11) is 5.04. The average Bonchev–Trinajstić information content (AvgIpc) is 2.56. The normalized spacial score (nSPS) is 15.5. The van der Waals surface area contributed by atoms with E-state index in [0.29, 0.717) is 24.6 Å². The summed E-state index contributed by atoms with van der Waals surface area (Å²) in [5.74, 6) is 1.46. The molecule has 24 heavy (non-hydrogen) atoms. The third-order valence-electron chi connectivity index (χ3n) is 4.31. The van der Waals surface area contributed by atoms with Crippen LogP contribution in [0, 0.1) is 0 Å². The predicted octanol–water partition coefficient (Wildman–Crippen LogP) is 1.51. The molecular formula is C17H28ClN3O3. The second-order valence-corrected chi connectivity index (χ2v) is 6.02. The van der Waals surface area contributed by atoms with Crippen LogP contribution in [0.15, 0.2) is 18.2 Å². The van der Waals surface area contributed by atoms with Gasteiger partial charge in [-0.3, -0.25) is 9.69 Å². The van der Waals surface area contributed by atoms with Gasteiger partial charge in [0.25, 0.3) is 0 Å². The molecule has 1 aromatic carbocycles. The van der Waals surface area contributed by atoms with E-state index in [2.05, 4.69) is 4.90 Å². The SMILES string of the molecule is COc1cccc(CN(C)C(=O)CN2CCC(N)CC2)c1OC.Cl. The summed E-state index contributed by atoms with van der Waals surface area (Å²) in [4.78, 5) is 16.3. The maximum atomic E-state index is 12.4. The summed E-state index contributed by atoms with van der Waals surface area (Å²) < 4.78 is 10.7. The number of nitrogens with two attached hydrogens (primary N) is 1. The Hall–Kier alpha value is -1.50. The standard InChI is InChI=1S/C17H27N3O3.ClH/c1-19(16(21)12-20-9-7-14(18)8-10-20)11-13-5-4-6-15(22-2)17(13)23-3;/h4-6,14H,7-12,18H2,1-3H3;1H. The molecule has 1 heterocycles. The quantitative estimate of drug-likeness (QED) is 0.835. The number of amides is 1. The van der Waals surface area contributed by atoms with Crippen LogP contribution in [0.25, 0.3) is 0 Å². The molecule has 1 amide bonds. The van der Waals surface area contributed by atoms with Gasteiger partial charge in [-0.2, -0.15) is 0 Å². The van der Waals surface area contributed by atoms with Gasteiger partial charge >= 0.3 is 0 Å². The summed E-state index contributed by atoms with van der Waals surface area (Å²) in [6, 6.07) is 5.98. The number of hydrogen-bond donors (Lipinski definition) is 1. The third kappa shape index (κ3) is 5.26. The first-order valence-electron chi connectivity index (χ1n) is 7.97. The molecule has 7 heteroatoms. The molecule has 0 unspecified atom stereocenters. The molecule has 1 aromatic rings. The van der Waals surface area contributed by atoms with E-state index in [-0.39, 0.29) is 24.4 Å². The molecule has 1 aliphatic heterocycles. The molecule has 0 spiro atoms. The fraction of sp³-hybridized carbons (Fsp3) is 0.588. The topological polar surface area (TPSA) is 68.0 Å². The minimum Gasteiger partial charge on any atom is -0.493 e. The molecule has 0 saturated carbocycles. The Morgan fingerprint density at radius 2 is 1.96 bits per heavy atom. The third-order valence-corrected chi connectivity index (χ3v) is 4.31. The van der Waals surface area contributed by atoms with Crippen molar-refractivity contribution < 1.29 is 14.3 Å². The molecule has 6 nitrogen and oxygen atoms in total. The van der Waals surface area contributed by atoms with Gasteiger partial charge in [-0.25, -0.2) is 0 Å². The van der Waals surface area contributed by atoms with Crippen molar-refractivity contribution in [3.8, 4) is 11.5 Å². The number of likely N-dealkylation sites (tertiary alicyclic amines) is 1. The van der Waals surface area contributed by atoms with E-state index >= 15 is 0 Å². The van der Waals surface area contributed by atoms with Gasteiger partial charge < -0.3 is 20.1 Å². The molecule has 2 N–H and O–H groups in total. The van der Waals surface area contributed by atoms with Crippen LogP contribution in [0.3, 0.4) is 0 Å². The lowest BCUT2D eigenvalue weighted by molar-refractivity contribution is -0.131. The molecule has 0 atom stereocenters. The number of para-hydroxylation sites is 1. The Bertz CT molecular complexity index is 534. The zero-order valence-corrected chi connectivity index (χ0v) is 15.5. The predicted molar refractivity (Wildman–Crippen MR) is 96.9 cm³/mol. The van der Waals surface area contributed by atoms with Gasteiger partial charge in [0.1, 0.15) is 0 Å². The van der Waals surface area contributed by atoms with E-state index in [4.69, 9.17) is 15.2 Å². The van der Waals surface area contributed by atoms with Gasteiger partial charge in [-0.1, -0.05) is 12.1 Å². The number of piperidine rings is 1. The molecule has 0 aromatic heterocycles. The van der Waals surface area contributed by atoms with Crippen molar-refractivity contribution in [2.45, 2.75) is 25.4 Å². The zero-order chi connectivity index (χ0) is 16.8. The second kappa shape index (κ2) is 9.71. The number of nitrogens with zero attached hydrogens (tertiary/aromatic N) is 2. The number of likely N-dealkylation sites (N-methyl/N-ethyl adjacent to an activating group) is 1. The summed E-state index contributed by atoms with van der Waals surface area (Å²) in [6.07, 6.45) is 1.92. The number of halogens is 1. The smallest absolute Gasteiger partial charge is 0.236 e. The Balaban J connectivity index is 0.00000288. The molecule has 0 aliphatic carbocycles. The molecular weight excluding hydrogens is 330 g/mol. The number of hydrogen-bond acceptors (Lipinski definition) is 5. The van der Waals surface area contributed by atoms with Crippen LogP contribution in [0.4, 0.5) is 0 Å². The van der Waals surface area contributed by atoms with Crippen molar-refractivity contribution in [1.82, 2.24) is 9.80 Å². The lowest BCUT2D eigenvalue weighted by atomic mass is 10.1. The first kappa shape index (κ1) is 20.5. The van der Waals surface area contributed by atoms with Gasteiger partial charge in [-0.05, 0) is 18.9 Å². The molecule has 1 aliphatic rings. The molecule has 0 radical (unpaired) electrons. The minimum absolute atomic E-state index is 0. The molecule has 1 fully saturated rings. The first-order valence-corrected chi connectivity index (χ1v) is 7.97. The number of carbonyl (C=O) groups is 1. The zero-order valence-electron chi connectivity index (χ0n) is 14.7. The summed E-state index contributed by atoms with van der Waals surface area (Å²) >= 11 is 0. The van der Waals surface area contributed by atoms with E-state index in [9.17, 15) is 4.79 Å². The van der Waals surface area contributed by atoms with Gasteiger partial charge in [0.05, 0.1) is 20.8 Å². The van der Waals surface area contributed by atoms with Gasteiger partial charge in [0.15, 0.2) is 11.5 Å². The van der Waals surface area contributed by atoms with Crippen LogP contribution in [0.5, 0.6) is 11.5 Å². The lowest BCUT2D eigenvalue weighted by Crippen LogP contribution is -2.44. The van der Waals surface area contributed by atoms with Crippen molar-refractivity contribution in [1.29, 1.82) is 0 Å². The number of rotatable bonds is 6. The molecule has 1 saturated heterocycles. The highest BCUT2D eigenvalue weighted by molar-refractivity contribution is 5.85. The maximum Gasteiger partial charge on any atom is 0.236 e. The van der Waals surface area contributed by atoms with Gasteiger partial charge in [0.2, 0.25) is 5.91 Å². The Labute approximate surface area is 150 Å². The Morgan fingerprint density at radius 3 is 2.54 bits per heavy atom. The van der Waals surface area contributed by atoms with Crippen LogP contribution in [0.1, 0.15) is 18.4 Å². The molecule has 0 bridgehead atoms. The number of ether oxygens (including phenoxy) is 2. The number of benzene rings is 1. The largest absolute Gasteiger partial charge is 0.493 e. The van der Waals surface area contributed by atoms with Crippen molar-refractivity contribution in [2.75, 3.05) is 40.9 Å². The average molecular weight is 358 g/mol. The highest BCUT2D eigenvalue weighted by Gasteiger charge is 2.21. The van der Waals surface area contributed by atoms with E-state index in [1.54, 1.807) is 19.1 Å². The summed E-state index contributed by atoms with van der Waals surface area (Å²) in [5, 5.41) is 0. The van der Waals surface area contributed by atoms with Crippen molar-refractivity contribution in [2.24, 2.45) is 5.73 Å². The number of methoxy groups -OCH3 is 2. The maximum absolute atomic E-state index is 12.4. The van der Waals surface area contributed by atoms with Crippen molar-refractivity contribution in [3.63, 3.8) is 0 Å². The van der Waals surface area contributed by atoms with Crippen LogP contribution >= 0.6 is 12.4 Å². The second-order valence-electron chi connectivity index (χ2n) is 6.02. The fourth-order valence-electron chi connectivity index (χ4n) is 2.84. The molecule has 136 valence electrons.